The van der Waals surface area contributed by atoms with Gasteiger partial charge in [0, 0.05) is 12.0 Å². The molecule has 4 rings (SSSR count). The number of nitrogens with one attached hydrogen (secondary N) is 2. The van der Waals surface area contributed by atoms with Gasteiger partial charge in [-0.25, -0.2) is 0 Å². The van der Waals surface area contributed by atoms with Crippen molar-refractivity contribution in [3.05, 3.63) is 77.9 Å². The predicted octanol–water partition coefficient (Wildman–Crippen LogP) is 4.28. The van der Waals surface area contributed by atoms with Gasteiger partial charge in [0.15, 0.2) is 0 Å². The maximum absolute atomic E-state index is 13.9. The summed E-state index contributed by atoms with van der Waals surface area (Å²) >= 11 is 0.726. The number of methoxy groups -OCH3 is 1. The summed E-state index contributed by atoms with van der Waals surface area (Å²) in [6, 6.07) is 21.4. The zero-order valence-corrected chi connectivity index (χ0v) is 27.4. The molecule has 8 nitrogen and oxygen atoms in total. The van der Waals surface area contributed by atoms with Gasteiger partial charge in [-0.3, -0.25) is 4.79 Å². The van der Waals surface area contributed by atoms with Gasteiger partial charge in [0.05, 0.1) is 7.11 Å². The van der Waals surface area contributed by atoms with Crippen LogP contribution < -0.4 is 26.0 Å². The molecular formula is C32H39AsN4O4S. The van der Waals surface area contributed by atoms with E-state index in [0.29, 0.717) is 24.6 Å². The second-order valence-corrected chi connectivity index (χ2v) is 14.4. The van der Waals surface area contributed by atoms with E-state index in [4.69, 9.17) is 10.5 Å². The molecule has 0 radical (unpaired) electrons. The molecule has 2 atom stereocenters. The van der Waals surface area contributed by atoms with Crippen molar-refractivity contribution in [1.29, 1.82) is 0 Å². The van der Waals surface area contributed by atoms with Crippen molar-refractivity contribution < 1.29 is 19.1 Å². The summed E-state index contributed by atoms with van der Waals surface area (Å²) in [5.41, 5.74) is 10.5. The van der Waals surface area contributed by atoms with Crippen LogP contribution in [0.25, 0.3) is 11.1 Å². The zero-order chi connectivity index (χ0) is 30.3. The summed E-state index contributed by atoms with van der Waals surface area (Å²) in [4.78, 5) is 41.4. The number of rotatable bonds is 11. The fraction of sp³-hybridized carbons (Fsp3) is 0.344. The van der Waals surface area contributed by atoms with E-state index in [-0.39, 0.29) is 22.9 Å². The van der Waals surface area contributed by atoms with E-state index in [1.54, 1.807) is 25.9 Å². The number of fused-ring (bicyclic) bond motifs is 1. The molecule has 0 aromatic heterocycles. The van der Waals surface area contributed by atoms with Crippen LogP contribution >= 0.6 is 11.8 Å². The van der Waals surface area contributed by atoms with Gasteiger partial charge in [-0.05, 0) is 13.8 Å². The molecule has 3 aromatic carbocycles. The third kappa shape index (κ3) is 8.40. The van der Waals surface area contributed by atoms with Crippen molar-refractivity contribution in [1.82, 2.24) is 10.6 Å². The molecule has 1 unspecified atom stereocenters. The second kappa shape index (κ2) is 14.3. The van der Waals surface area contributed by atoms with E-state index in [0.717, 1.165) is 32.5 Å². The van der Waals surface area contributed by atoms with Crippen LogP contribution in [0.2, 0.25) is 0 Å². The second-order valence-electron chi connectivity index (χ2n) is 10.9. The standard InChI is InChI=1S/C32H39AsN4O4S/c1-5-35-31(40)33-18-23-8-6-7-9-25(23)22-12-10-21(11-13-22)19-37-27-15-14-24(41-4)16-28(27)42-20-26(30(37)39)36-29(38)17-32(2,3)34/h6-16,26,33H,5,17-20,34H2,1-4H3,(H,35,40)(H,36,38)/t26-/m1/s1. The molecule has 1 aliphatic heterocycles. The average Bonchev–Trinajstić information content (AvgIpc) is 3.08. The summed E-state index contributed by atoms with van der Waals surface area (Å²) in [6.07, 6.45) is 0.122. The Hall–Kier alpha value is -3.26. The van der Waals surface area contributed by atoms with E-state index in [1.165, 1.54) is 17.3 Å². The summed E-state index contributed by atoms with van der Waals surface area (Å²) in [5.74, 6) is 0.696. The van der Waals surface area contributed by atoms with Crippen molar-refractivity contribution in [2.45, 2.75) is 55.4 Å². The number of benzene rings is 3. The molecule has 3 aromatic rings. The van der Waals surface area contributed by atoms with Crippen LogP contribution in [0.1, 0.15) is 38.3 Å². The minimum absolute atomic E-state index is 0.122. The van der Waals surface area contributed by atoms with Gasteiger partial charge in [0.2, 0.25) is 5.91 Å². The number of anilines is 1. The number of hydrogen-bond donors (Lipinski definition) is 3. The van der Waals surface area contributed by atoms with Crippen molar-refractivity contribution in [3.8, 4) is 16.9 Å². The Morgan fingerprint density at radius 2 is 1.86 bits per heavy atom. The summed E-state index contributed by atoms with van der Waals surface area (Å²) in [5, 5.41) is 6.61. The van der Waals surface area contributed by atoms with Crippen molar-refractivity contribution in [3.63, 3.8) is 0 Å². The van der Waals surface area contributed by atoms with Crippen LogP contribution in [-0.4, -0.2) is 63.2 Å². The molecular weight excluding hydrogens is 611 g/mol. The van der Waals surface area contributed by atoms with Gasteiger partial charge in [-0.1, -0.05) is 0 Å². The summed E-state index contributed by atoms with van der Waals surface area (Å²) < 4.78 is 5.60. The van der Waals surface area contributed by atoms with Crippen LogP contribution in [0.15, 0.2) is 71.6 Å². The van der Waals surface area contributed by atoms with Crippen LogP contribution in [0.4, 0.5) is 10.5 Å². The molecule has 1 heterocycles. The molecule has 10 heteroatoms. The van der Waals surface area contributed by atoms with E-state index in [1.807, 2.05) is 49.4 Å². The number of hydrogen-bond acceptors (Lipinski definition) is 6. The van der Waals surface area contributed by atoms with Gasteiger partial charge >= 0.3 is 200 Å². The first-order valence-corrected chi connectivity index (χ1v) is 17.5. The van der Waals surface area contributed by atoms with Gasteiger partial charge in [0.1, 0.15) is 5.75 Å². The molecule has 0 saturated carbocycles. The van der Waals surface area contributed by atoms with Gasteiger partial charge in [-0.15, -0.1) is 0 Å². The molecule has 42 heavy (non-hydrogen) atoms. The molecule has 4 N–H and O–H groups in total. The molecule has 3 amide bonds. The predicted molar refractivity (Wildman–Crippen MR) is 172 cm³/mol. The van der Waals surface area contributed by atoms with E-state index >= 15 is 0 Å². The number of nitrogens with zero attached hydrogens (tertiary/aromatic N) is 1. The first-order valence-electron chi connectivity index (χ1n) is 14.0. The van der Waals surface area contributed by atoms with E-state index in [9.17, 15) is 14.4 Å². The van der Waals surface area contributed by atoms with Crippen molar-refractivity contribution in [2.24, 2.45) is 5.73 Å². The number of amides is 3. The Morgan fingerprint density at radius 1 is 1.12 bits per heavy atom. The molecule has 222 valence electrons. The fourth-order valence-corrected chi connectivity index (χ4v) is 7.88. The first-order chi connectivity index (χ1) is 20.1. The molecule has 0 aliphatic carbocycles. The number of nitrogens with two attached hydrogens (primary N) is 1. The topological polar surface area (TPSA) is 114 Å². The van der Waals surface area contributed by atoms with Crippen LogP contribution in [0.3, 0.4) is 0 Å². The van der Waals surface area contributed by atoms with Crippen molar-refractivity contribution >= 4 is 49.7 Å². The number of carbonyl (C=O) groups excluding carboxylic acids is 3. The minimum atomic E-state index is -0.796. The Balaban J connectivity index is 1.57. The number of ether oxygens (including phenoxy) is 1. The quantitative estimate of drug-likeness (QED) is 0.267. The van der Waals surface area contributed by atoms with Gasteiger partial charge < -0.3 is 10.5 Å². The summed E-state index contributed by atoms with van der Waals surface area (Å²) in [7, 11) is 1.62. The maximum atomic E-state index is 13.9. The number of carbonyl (C=O) groups is 3. The van der Waals surface area contributed by atoms with Gasteiger partial charge in [0.25, 0.3) is 0 Å². The monoisotopic (exact) mass is 650 g/mol. The normalized spacial score (nSPS) is 15.3. The Kier molecular flexibility index (Phi) is 10.8. The van der Waals surface area contributed by atoms with E-state index < -0.39 is 27.3 Å². The SMILES string of the molecule is CCNC(=O)[AsH]Cc1ccccc1-c1ccc(CN2C(=O)[C@H](NC(=O)CC(C)(C)N)CSc3cc(OC)ccc32)cc1. The van der Waals surface area contributed by atoms with Gasteiger partial charge in [-0.2, -0.15) is 0 Å². The van der Waals surface area contributed by atoms with Crippen LogP contribution in [-0.2, 0) is 21.3 Å². The summed E-state index contributed by atoms with van der Waals surface area (Å²) in [6.45, 7) is 6.51. The molecule has 0 bridgehead atoms. The number of thioether (sulfide) groups is 1. The third-order valence-electron chi connectivity index (χ3n) is 6.78. The zero-order valence-electron chi connectivity index (χ0n) is 24.5. The molecule has 0 fully saturated rings. The van der Waals surface area contributed by atoms with E-state index in [2.05, 4.69) is 34.9 Å². The molecule has 0 saturated heterocycles. The average molecular weight is 651 g/mol. The molecule has 0 spiro atoms. The first kappa shape index (κ1) is 31.7. The Morgan fingerprint density at radius 3 is 2.55 bits per heavy atom. The van der Waals surface area contributed by atoms with Crippen molar-refractivity contribution in [2.75, 3.05) is 24.3 Å². The molecule has 1 aliphatic rings. The van der Waals surface area contributed by atoms with Crippen LogP contribution in [0.5, 0.6) is 5.75 Å². The fourth-order valence-electron chi connectivity index (χ4n) is 4.76. The Bertz CT molecular complexity index is 1420. The third-order valence-corrected chi connectivity index (χ3v) is 10.1. The Labute approximate surface area is 258 Å². The van der Waals surface area contributed by atoms with Crippen LogP contribution in [0, 0.1) is 0 Å².